The van der Waals surface area contributed by atoms with Gasteiger partial charge in [0.1, 0.15) is 11.3 Å². The van der Waals surface area contributed by atoms with Crippen LogP contribution < -0.4 is 4.74 Å². The lowest BCUT2D eigenvalue weighted by atomic mass is 10.1. The van der Waals surface area contributed by atoms with Crippen molar-refractivity contribution < 1.29 is 19.1 Å². The maximum Gasteiger partial charge on any atom is 0.289 e. The molecular formula is C19H19NO4. The molecule has 5 heteroatoms. The Bertz CT molecular complexity index is 805. The third kappa shape index (κ3) is 2.98. The lowest BCUT2D eigenvalue weighted by Crippen LogP contribution is -2.33. The van der Waals surface area contributed by atoms with Crippen LogP contribution >= 0.6 is 0 Å². The van der Waals surface area contributed by atoms with E-state index in [2.05, 4.69) is 0 Å². The van der Waals surface area contributed by atoms with Crippen LogP contribution in [0.25, 0.3) is 11.0 Å². The van der Waals surface area contributed by atoms with Gasteiger partial charge in [-0.15, -0.1) is 0 Å². The van der Waals surface area contributed by atoms with Crippen molar-refractivity contribution in [2.45, 2.75) is 6.04 Å². The molecular weight excluding hydrogens is 306 g/mol. The smallest absolute Gasteiger partial charge is 0.289 e. The second-order valence-corrected chi connectivity index (χ2v) is 5.54. The molecule has 1 atom stereocenters. The number of nitrogens with zero attached hydrogens (tertiary/aromatic N) is 1. The van der Waals surface area contributed by atoms with Crippen molar-refractivity contribution >= 4 is 16.9 Å². The van der Waals surface area contributed by atoms with E-state index in [0.717, 1.165) is 16.7 Å². The minimum atomic E-state index is -0.461. The van der Waals surface area contributed by atoms with Crippen molar-refractivity contribution in [1.82, 2.24) is 4.90 Å². The Morgan fingerprint density at radius 2 is 1.92 bits per heavy atom. The van der Waals surface area contributed by atoms with Crippen molar-refractivity contribution in [3.8, 4) is 5.75 Å². The number of amides is 1. The number of methoxy groups -OCH3 is 1. The second-order valence-electron chi connectivity index (χ2n) is 5.54. The zero-order valence-corrected chi connectivity index (χ0v) is 13.6. The van der Waals surface area contributed by atoms with Crippen molar-refractivity contribution in [2.75, 3.05) is 20.8 Å². The van der Waals surface area contributed by atoms with Gasteiger partial charge in [-0.25, -0.2) is 0 Å². The fourth-order valence-electron chi connectivity index (χ4n) is 2.68. The number of aliphatic hydroxyl groups is 1. The summed E-state index contributed by atoms with van der Waals surface area (Å²) in [6.07, 6.45) is 0. The minimum Gasteiger partial charge on any atom is -0.497 e. The molecule has 0 saturated heterocycles. The summed E-state index contributed by atoms with van der Waals surface area (Å²) in [5.74, 6) is 0.702. The normalized spacial score (nSPS) is 12.1. The Morgan fingerprint density at radius 1 is 1.21 bits per heavy atom. The number of rotatable bonds is 5. The number of likely N-dealkylation sites (N-methyl/N-ethyl adjacent to an activating group) is 1. The SMILES string of the molecule is COc1ccc(C(CO)N(C)C(=O)c2cc3ccccc3o2)cc1. The summed E-state index contributed by atoms with van der Waals surface area (Å²) in [5, 5.41) is 10.6. The lowest BCUT2D eigenvalue weighted by molar-refractivity contribution is 0.0629. The summed E-state index contributed by atoms with van der Waals surface area (Å²) in [5.41, 5.74) is 1.49. The van der Waals surface area contributed by atoms with Crippen LogP contribution in [0, 0.1) is 0 Å². The van der Waals surface area contributed by atoms with Crippen molar-refractivity contribution in [3.63, 3.8) is 0 Å². The van der Waals surface area contributed by atoms with Gasteiger partial charge >= 0.3 is 0 Å². The average Bonchev–Trinajstić information content (AvgIpc) is 3.06. The quantitative estimate of drug-likeness (QED) is 0.782. The largest absolute Gasteiger partial charge is 0.497 e. The first-order chi connectivity index (χ1) is 11.6. The van der Waals surface area contributed by atoms with Crippen LogP contribution in [0.1, 0.15) is 22.2 Å². The number of ether oxygens (including phenoxy) is 1. The second kappa shape index (κ2) is 6.76. The molecule has 1 amide bonds. The number of benzene rings is 2. The molecule has 124 valence electrons. The number of fused-ring (bicyclic) bond motifs is 1. The molecule has 3 rings (SSSR count). The first-order valence-corrected chi connectivity index (χ1v) is 7.64. The number of hydrogen-bond acceptors (Lipinski definition) is 4. The van der Waals surface area contributed by atoms with E-state index in [0.29, 0.717) is 5.58 Å². The highest BCUT2D eigenvalue weighted by atomic mass is 16.5. The first-order valence-electron chi connectivity index (χ1n) is 7.64. The van der Waals surface area contributed by atoms with Crippen LogP contribution in [-0.2, 0) is 0 Å². The fourth-order valence-corrected chi connectivity index (χ4v) is 2.68. The first kappa shape index (κ1) is 16.1. The monoisotopic (exact) mass is 325 g/mol. The van der Waals surface area contributed by atoms with Gasteiger partial charge in [0, 0.05) is 12.4 Å². The number of carbonyl (C=O) groups is 1. The topological polar surface area (TPSA) is 62.9 Å². The van der Waals surface area contributed by atoms with Crippen LogP contribution in [0.5, 0.6) is 5.75 Å². The van der Waals surface area contributed by atoms with Gasteiger partial charge in [-0.1, -0.05) is 30.3 Å². The summed E-state index contributed by atoms with van der Waals surface area (Å²) < 4.78 is 10.8. The molecule has 1 N–H and O–H groups in total. The van der Waals surface area contributed by atoms with E-state index in [1.165, 1.54) is 4.90 Å². The molecule has 0 aliphatic carbocycles. The Morgan fingerprint density at radius 3 is 2.54 bits per heavy atom. The number of hydrogen-bond donors (Lipinski definition) is 1. The fraction of sp³-hybridized carbons (Fsp3) is 0.211. The maximum absolute atomic E-state index is 12.7. The molecule has 0 fully saturated rings. The van der Waals surface area contributed by atoms with Crippen molar-refractivity contribution in [3.05, 3.63) is 65.9 Å². The van der Waals surface area contributed by atoms with Gasteiger partial charge in [-0.05, 0) is 29.8 Å². The van der Waals surface area contributed by atoms with E-state index in [1.807, 2.05) is 36.4 Å². The molecule has 0 radical (unpaired) electrons. The zero-order valence-electron chi connectivity index (χ0n) is 13.6. The third-order valence-corrected chi connectivity index (χ3v) is 4.10. The van der Waals surface area contributed by atoms with Crippen LogP contribution in [0.15, 0.2) is 59.0 Å². The molecule has 2 aromatic carbocycles. The highest BCUT2D eigenvalue weighted by Crippen LogP contribution is 2.25. The molecule has 1 heterocycles. The molecule has 1 aromatic heterocycles. The van der Waals surface area contributed by atoms with Gasteiger partial charge in [0.05, 0.1) is 19.8 Å². The van der Waals surface area contributed by atoms with Gasteiger partial charge in [0.25, 0.3) is 5.91 Å². The lowest BCUT2D eigenvalue weighted by Gasteiger charge is -2.26. The van der Waals surface area contributed by atoms with Crippen LogP contribution in [0.4, 0.5) is 0 Å². The highest BCUT2D eigenvalue weighted by molar-refractivity contribution is 5.96. The molecule has 0 bridgehead atoms. The van der Waals surface area contributed by atoms with Gasteiger partial charge in [0.15, 0.2) is 5.76 Å². The highest BCUT2D eigenvalue weighted by Gasteiger charge is 2.24. The molecule has 0 saturated carbocycles. The van der Waals surface area contributed by atoms with Crippen LogP contribution in [0.3, 0.4) is 0 Å². The van der Waals surface area contributed by atoms with Crippen molar-refractivity contribution in [1.29, 1.82) is 0 Å². The molecule has 0 spiro atoms. The summed E-state index contributed by atoms with van der Waals surface area (Å²) >= 11 is 0. The van der Waals surface area contributed by atoms with Gasteiger partial charge in [0.2, 0.25) is 0 Å². The Labute approximate surface area is 140 Å². The molecule has 24 heavy (non-hydrogen) atoms. The summed E-state index contributed by atoms with van der Waals surface area (Å²) in [7, 11) is 3.25. The Hall–Kier alpha value is -2.79. The standard InChI is InChI=1S/C19H19NO4/c1-20(16(12-21)13-7-9-15(23-2)10-8-13)19(22)18-11-14-5-3-4-6-17(14)24-18/h3-11,16,21H,12H2,1-2H3. The number of para-hydroxylation sites is 1. The van der Waals surface area contributed by atoms with E-state index in [4.69, 9.17) is 9.15 Å². The predicted octanol–water partition coefficient (Wildman–Crippen LogP) is 3.25. The van der Waals surface area contributed by atoms with Crippen LogP contribution in [-0.4, -0.2) is 36.7 Å². The Kier molecular flexibility index (Phi) is 4.53. The molecule has 3 aromatic rings. The molecule has 5 nitrogen and oxygen atoms in total. The molecule has 0 aliphatic rings. The van der Waals surface area contributed by atoms with E-state index in [1.54, 1.807) is 32.4 Å². The summed E-state index contributed by atoms with van der Waals surface area (Å²) in [4.78, 5) is 14.2. The third-order valence-electron chi connectivity index (χ3n) is 4.10. The minimum absolute atomic E-state index is 0.186. The van der Waals surface area contributed by atoms with Crippen LogP contribution in [0.2, 0.25) is 0 Å². The average molecular weight is 325 g/mol. The number of aliphatic hydroxyl groups excluding tert-OH is 1. The zero-order chi connectivity index (χ0) is 17.1. The van der Waals surface area contributed by atoms with E-state index < -0.39 is 6.04 Å². The van der Waals surface area contributed by atoms with E-state index in [-0.39, 0.29) is 18.3 Å². The van der Waals surface area contributed by atoms with E-state index in [9.17, 15) is 9.90 Å². The predicted molar refractivity (Wildman–Crippen MR) is 91.1 cm³/mol. The van der Waals surface area contributed by atoms with Gasteiger partial charge in [-0.2, -0.15) is 0 Å². The Balaban J connectivity index is 1.86. The van der Waals surface area contributed by atoms with Gasteiger partial charge < -0.3 is 19.2 Å². The number of carbonyl (C=O) groups excluding carboxylic acids is 1. The number of furan rings is 1. The van der Waals surface area contributed by atoms with Gasteiger partial charge in [-0.3, -0.25) is 4.79 Å². The summed E-state index contributed by atoms with van der Waals surface area (Å²) in [6, 6.07) is 16.0. The van der Waals surface area contributed by atoms with Crippen molar-refractivity contribution in [2.24, 2.45) is 0 Å². The summed E-state index contributed by atoms with van der Waals surface area (Å²) in [6.45, 7) is -0.186. The maximum atomic E-state index is 12.7. The molecule has 1 unspecified atom stereocenters. The van der Waals surface area contributed by atoms with E-state index >= 15 is 0 Å². The molecule has 0 aliphatic heterocycles.